The number of amides is 1. The molecule has 31 heavy (non-hydrogen) atoms. The number of benzene rings is 3. The van der Waals surface area contributed by atoms with Crippen LogP contribution in [0, 0.1) is 24.7 Å². The van der Waals surface area contributed by atoms with Crippen LogP contribution in [0.3, 0.4) is 0 Å². The molecule has 2 bridgehead atoms. The molecule has 3 aromatic rings. The molecule has 156 valence electrons. The molecule has 3 heteroatoms. The van der Waals surface area contributed by atoms with E-state index >= 15 is 0 Å². The van der Waals surface area contributed by atoms with Crippen molar-refractivity contribution >= 4 is 17.3 Å². The summed E-state index contributed by atoms with van der Waals surface area (Å²) in [6.07, 6.45) is 4.01. The van der Waals surface area contributed by atoms with Crippen molar-refractivity contribution in [1.29, 1.82) is 0 Å². The molecule has 1 heterocycles. The van der Waals surface area contributed by atoms with Crippen molar-refractivity contribution in [2.75, 3.05) is 10.6 Å². The normalized spacial score (nSPS) is 27.8. The van der Waals surface area contributed by atoms with Crippen molar-refractivity contribution < 1.29 is 4.79 Å². The number of hydrogen-bond donors (Lipinski definition) is 2. The molecule has 1 amide bonds. The molecule has 0 unspecified atom stereocenters. The number of carbonyl (C=O) groups is 1. The molecule has 2 fully saturated rings. The van der Waals surface area contributed by atoms with Crippen molar-refractivity contribution in [2.45, 2.75) is 38.1 Å². The van der Waals surface area contributed by atoms with Crippen LogP contribution in [0.2, 0.25) is 0 Å². The van der Waals surface area contributed by atoms with Gasteiger partial charge in [0.1, 0.15) is 0 Å². The van der Waals surface area contributed by atoms with E-state index < -0.39 is 0 Å². The second-order valence-electron chi connectivity index (χ2n) is 9.54. The van der Waals surface area contributed by atoms with Crippen molar-refractivity contribution in [2.24, 2.45) is 17.8 Å². The Morgan fingerprint density at radius 2 is 1.71 bits per heavy atom. The predicted molar refractivity (Wildman–Crippen MR) is 125 cm³/mol. The van der Waals surface area contributed by atoms with E-state index in [9.17, 15) is 4.79 Å². The molecule has 2 N–H and O–H groups in total. The van der Waals surface area contributed by atoms with Crippen LogP contribution in [0.1, 0.15) is 58.3 Å². The smallest absolute Gasteiger partial charge is 0.255 e. The molecule has 6 rings (SSSR count). The first-order valence-corrected chi connectivity index (χ1v) is 11.5. The average molecular weight is 409 g/mol. The number of rotatable bonds is 3. The number of aryl methyl sites for hydroxylation is 1. The van der Waals surface area contributed by atoms with Gasteiger partial charge < -0.3 is 10.6 Å². The molecule has 0 saturated heterocycles. The summed E-state index contributed by atoms with van der Waals surface area (Å²) in [7, 11) is 0. The van der Waals surface area contributed by atoms with Crippen molar-refractivity contribution in [3.8, 4) is 0 Å². The first-order chi connectivity index (χ1) is 15.2. The predicted octanol–water partition coefficient (Wildman–Crippen LogP) is 6.54. The number of carbonyl (C=O) groups excluding carboxylic acids is 1. The molecule has 0 aromatic heterocycles. The number of anilines is 2. The van der Waals surface area contributed by atoms with E-state index in [1.165, 1.54) is 36.1 Å². The van der Waals surface area contributed by atoms with Crippen LogP contribution < -0.4 is 10.6 Å². The monoisotopic (exact) mass is 408 g/mol. The van der Waals surface area contributed by atoms with Gasteiger partial charge in [0.15, 0.2) is 0 Å². The quantitative estimate of drug-likeness (QED) is 0.516. The Morgan fingerprint density at radius 1 is 0.935 bits per heavy atom. The van der Waals surface area contributed by atoms with E-state index in [0.29, 0.717) is 17.9 Å². The van der Waals surface area contributed by atoms with Crippen LogP contribution in [0.5, 0.6) is 0 Å². The maximum atomic E-state index is 13.1. The van der Waals surface area contributed by atoms with Gasteiger partial charge in [0.05, 0.1) is 6.04 Å². The van der Waals surface area contributed by atoms with Crippen LogP contribution in [-0.2, 0) is 0 Å². The highest BCUT2D eigenvalue weighted by Crippen LogP contribution is 2.63. The number of hydrogen-bond acceptors (Lipinski definition) is 2. The van der Waals surface area contributed by atoms with Crippen LogP contribution in [-0.4, -0.2) is 5.91 Å². The summed E-state index contributed by atoms with van der Waals surface area (Å²) in [6, 6.07) is 25.5. The molecule has 3 aliphatic rings. The van der Waals surface area contributed by atoms with E-state index in [2.05, 4.69) is 53.1 Å². The molecule has 0 spiro atoms. The molecule has 2 aliphatic carbocycles. The average Bonchev–Trinajstić information content (AvgIpc) is 3.43. The number of fused-ring (bicyclic) bond motifs is 7. The lowest BCUT2D eigenvalue weighted by molar-refractivity contribution is 0.102. The molecule has 0 radical (unpaired) electrons. The van der Waals surface area contributed by atoms with Gasteiger partial charge in [-0.05, 0) is 90.8 Å². The third-order valence-electron chi connectivity index (χ3n) is 7.90. The third kappa shape index (κ3) is 3.06. The van der Waals surface area contributed by atoms with Gasteiger partial charge in [-0.1, -0.05) is 48.5 Å². The van der Waals surface area contributed by atoms with Gasteiger partial charge in [0, 0.05) is 16.9 Å². The summed E-state index contributed by atoms with van der Waals surface area (Å²) in [6.45, 7) is 2.02. The Kier molecular flexibility index (Phi) is 4.38. The minimum absolute atomic E-state index is 0.0259. The van der Waals surface area contributed by atoms with Gasteiger partial charge in [0.25, 0.3) is 5.91 Å². The van der Waals surface area contributed by atoms with E-state index in [-0.39, 0.29) is 5.91 Å². The SMILES string of the molecule is Cc1ccccc1NC(=O)c1ccc2c(c1)[C@@H]1[C@H]3CC[C@@H](C3)[C@H]1[C@@H](c1ccccc1)N2. The van der Waals surface area contributed by atoms with E-state index in [1.807, 2.05) is 37.3 Å². The molecular formula is C28H28N2O. The molecule has 3 nitrogen and oxygen atoms in total. The van der Waals surface area contributed by atoms with Crippen molar-refractivity contribution in [1.82, 2.24) is 0 Å². The lowest BCUT2D eigenvalue weighted by Gasteiger charge is -2.43. The van der Waals surface area contributed by atoms with E-state index in [0.717, 1.165) is 28.7 Å². The summed E-state index contributed by atoms with van der Waals surface area (Å²) in [5, 5.41) is 6.97. The van der Waals surface area contributed by atoms with Crippen LogP contribution >= 0.6 is 0 Å². The first-order valence-electron chi connectivity index (χ1n) is 11.5. The summed E-state index contributed by atoms with van der Waals surface area (Å²) in [5.41, 5.74) is 6.65. The zero-order valence-electron chi connectivity index (χ0n) is 17.8. The highest BCUT2D eigenvalue weighted by molar-refractivity contribution is 6.05. The fourth-order valence-corrected chi connectivity index (χ4v) is 6.53. The highest BCUT2D eigenvalue weighted by Gasteiger charge is 2.53. The fraction of sp³-hybridized carbons (Fsp3) is 0.321. The van der Waals surface area contributed by atoms with Gasteiger partial charge in [-0.3, -0.25) is 4.79 Å². The largest absolute Gasteiger partial charge is 0.378 e. The Morgan fingerprint density at radius 3 is 2.55 bits per heavy atom. The Balaban J connectivity index is 1.36. The van der Waals surface area contributed by atoms with E-state index in [1.54, 1.807) is 0 Å². The second kappa shape index (κ2) is 7.26. The Labute approximate surface area is 183 Å². The zero-order valence-corrected chi connectivity index (χ0v) is 17.8. The summed E-state index contributed by atoms with van der Waals surface area (Å²) in [5.74, 6) is 2.67. The van der Waals surface area contributed by atoms with Crippen LogP contribution in [0.25, 0.3) is 0 Å². The Hall–Kier alpha value is -3.07. The van der Waals surface area contributed by atoms with Gasteiger partial charge in [-0.25, -0.2) is 0 Å². The van der Waals surface area contributed by atoms with Gasteiger partial charge in [-0.2, -0.15) is 0 Å². The number of para-hydroxylation sites is 1. The molecule has 1 aliphatic heterocycles. The highest BCUT2D eigenvalue weighted by atomic mass is 16.1. The lowest BCUT2D eigenvalue weighted by Crippen LogP contribution is -2.35. The standard InChI is InChI=1S/C28H28N2O/c1-17-7-5-6-10-23(17)30-28(31)21-13-14-24-22(16-21)25-19-11-12-20(15-19)26(25)27(29-24)18-8-3-2-4-9-18/h2-10,13-14,16,19-20,25-27,29H,11-12,15H2,1H3,(H,30,31)/t19-,20-,25-,26+,27+/m0/s1. The van der Waals surface area contributed by atoms with Crippen LogP contribution in [0.4, 0.5) is 11.4 Å². The molecule has 2 saturated carbocycles. The molecular weight excluding hydrogens is 380 g/mol. The van der Waals surface area contributed by atoms with E-state index in [4.69, 9.17) is 0 Å². The second-order valence-corrected chi connectivity index (χ2v) is 9.54. The maximum Gasteiger partial charge on any atom is 0.255 e. The van der Waals surface area contributed by atoms with Gasteiger partial charge in [0.2, 0.25) is 0 Å². The third-order valence-corrected chi connectivity index (χ3v) is 7.90. The summed E-state index contributed by atoms with van der Waals surface area (Å²) >= 11 is 0. The first kappa shape index (κ1) is 18.7. The molecule has 5 atom stereocenters. The lowest BCUT2D eigenvalue weighted by atomic mass is 9.68. The maximum absolute atomic E-state index is 13.1. The Bertz CT molecular complexity index is 1140. The summed E-state index contributed by atoms with van der Waals surface area (Å²) in [4.78, 5) is 13.1. The minimum atomic E-state index is -0.0259. The minimum Gasteiger partial charge on any atom is -0.378 e. The zero-order chi connectivity index (χ0) is 20.9. The molecule has 3 aromatic carbocycles. The number of nitrogens with one attached hydrogen (secondary N) is 2. The van der Waals surface area contributed by atoms with Gasteiger partial charge >= 0.3 is 0 Å². The van der Waals surface area contributed by atoms with Crippen molar-refractivity contribution in [3.63, 3.8) is 0 Å². The fourth-order valence-electron chi connectivity index (χ4n) is 6.53. The van der Waals surface area contributed by atoms with Crippen molar-refractivity contribution in [3.05, 3.63) is 95.1 Å². The van der Waals surface area contributed by atoms with Gasteiger partial charge in [-0.15, -0.1) is 0 Å². The summed E-state index contributed by atoms with van der Waals surface area (Å²) < 4.78 is 0. The topological polar surface area (TPSA) is 41.1 Å². The van der Waals surface area contributed by atoms with Crippen LogP contribution in [0.15, 0.2) is 72.8 Å².